The Labute approximate surface area is 110 Å². The van der Waals surface area contributed by atoms with Gasteiger partial charge < -0.3 is 10.1 Å². The zero-order valence-electron chi connectivity index (χ0n) is 9.59. The van der Waals surface area contributed by atoms with Crippen molar-refractivity contribution in [3.8, 4) is 0 Å². The van der Waals surface area contributed by atoms with Gasteiger partial charge in [0.1, 0.15) is 0 Å². The van der Waals surface area contributed by atoms with Crippen LogP contribution >= 0.6 is 23.2 Å². The third-order valence-corrected chi connectivity index (χ3v) is 2.80. The Bertz CT molecular complexity index is 444. The first-order valence-corrected chi connectivity index (χ1v) is 5.83. The quantitative estimate of drug-likeness (QED) is 0.677. The van der Waals surface area contributed by atoms with Gasteiger partial charge in [-0.1, -0.05) is 29.3 Å². The van der Waals surface area contributed by atoms with Gasteiger partial charge in [-0.2, -0.15) is 0 Å². The van der Waals surface area contributed by atoms with E-state index in [2.05, 4.69) is 10.1 Å². The van der Waals surface area contributed by atoms with Gasteiger partial charge in [-0.05, 0) is 24.6 Å². The molecule has 0 saturated heterocycles. The van der Waals surface area contributed by atoms with Crippen LogP contribution in [0, 0.1) is 0 Å². The van der Waals surface area contributed by atoms with Crippen LogP contribution in [0.15, 0.2) is 24.3 Å². The number of hydrogen-bond donors (Lipinski definition) is 1. The first-order chi connectivity index (χ1) is 8.08. The molecule has 3 nitrogen and oxygen atoms in total. The zero-order valence-corrected chi connectivity index (χ0v) is 11.1. The first kappa shape index (κ1) is 13.9. The molecule has 0 radical (unpaired) electrons. The van der Waals surface area contributed by atoms with E-state index in [1.165, 1.54) is 13.2 Å². The molecule has 1 rings (SSSR count). The minimum absolute atomic E-state index is 0.424. The van der Waals surface area contributed by atoms with Crippen LogP contribution in [0.3, 0.4) is 0 Å². The Kier molecular flexibility index (Phi) is 5.32. The van der Waals surface area contributed by atoms with Gasteiger partial charge in [-0.15, -0.1) is 0 Å². The maximum Gasteiger partial charge on any atom is 0.332 e. The van der Waals surface area contributed by atoms with Gasteiger partial charge in [0.2, 0.25) is 0 Å². The molecule has 0 saturated carbocycles. The molecule has 0 aliphatic rings. The Morgan fingerprint density at radius 3 is 2.65 bits per heavy atom. The van der Waals surface area contributed by atoms with Gasteiger partial charge in [0.25, 0.3) is 0 Å². The summed E-state index contributed by atoms with van der Waals surface area (Å²) in [5.41, 5.74) is 1.43. The molecule has 0 bridgehead atoms. The molecule has 0 amide bonds. The Hall–Kier alpha value is -1.19. The maximum atomic E-state index is 11.2. The standard InChI is InChI=1S/C12H13Cl2NO2/c1-3-15-11(7-12(16)17-2)8-4-5-9(13)10(14)6-8/h4-7,15H,3H2,1-2H3/b11-7-. The van der Waals surface area contributed by atoms with Gasteiger partial charge in [-0.3, -0.25) is 0 Å². The minimum atomic E-state index is -0.424. The van der Waals surface area contributed by atoms with Crippen molar-refractivity contribution in [1.82, 2.24) is 5.32 Å². The molecular weight excluding hydrogens is 261 g/mol. The molecule has 0 heterocycles. The van der Waals surface area contributed by atoms with Crippen LogP contribution in [0.5, 0.6) is 0 Å². The largest absolute Gasteiger partial charge is 0.466 e. The second-order valence-corrected chi connectivity index (χ2v) is 4.05. The number of nitrogens with one attached hydrogen (secondary N) is 1. The lowest BCUT2D eigenvalue weighted by Crippen LogP contribution is -2.13. The van der Waals surface area contributed by atoms with Crippen LogP contribution in [0.1, 0.15) is 12.5 Å². The van der Waals surface area contributed by atoms with Crippen LogP contribution < -0.4 is 5.32 Å². The summed E-state index contributed by atoms with van der Waals surface area (Å²) < 4.78 is 4.59. The molecule has 1 aromatic rings. The van der Waals surface area contributed by atoms with Gasteiger partial charge in [-0.25, -0.2) is 4.79 Å². The van der Waals surface area contributed by atoms with Crippen LogP contribution in [-0.2, 0) is 9.53 Å². The molecule has 1 N–H and O–H groups in total. The molecule has 0 unspecified atom stereocenters. The molecule has 0 spiro atoms. The monoisotopic (exact) mass is 273 g/mol. The highest BCUT2D eigenvalue weighted by Gasteiger charge is 2.06. The predicted octanol–water partition coefficient (Wildman–Crippen LogP) is 3.12. The molecule has 0 atom stereocenters. The summed E-state index contributed by atoms with van der Waals surface area (Å²) in [6.45, 7) is 2.62. The van der Waals surface area contributed by atoms with Crippen molar-refractivity contribution in [1.29, 1.82) is 0 Å². The number of hydrogen-bond acceptors (Lipinski definition) is 3. The topological polar surface area (TPSA) is 38.3 Å². The third kappa shape index (κ3) is 3.95. The second-order valence-electron chi connectivity index (χ2n) is 3.24. The fourth-order valence-electron chi connectivity index (χ4n) is 1.27. The normalized spacial score (nSPS) is 11.2. The van der Waals surface area contributed by atoms with Crippen LogP contribution in [0.4, 0.5) is 0 Å². The van der Waals surface area contributed by atoms with Gasteiger partial charge in [0.05, 0.1) is 17.2 Å². The van der Waals surface area contributed by atoms with Crippen molar-refractivity contribution in [2.24, 2.45) is 0 Å². The summed E-state index contributed by atoms with van der Waals surface area (Å²) in [5, 5.41) is 3.99. The van der Waals surface area contributed by atoms with Crippen LogP contribution in [-0.4, -0.2) is 19.6 Å². The zero-order chi connectivity index (χ0) is 12.8. The summed E-state index contributed by atoms with van der Waals surface area (Å²) >= 11 is 11.8. The maximum absolute atomic E-state index is 11.2. The third-order valence-electron chi connectivity index (χ3n) is 2.06. The summed E-state index contributed by atoms with van der Waals surface area (Å²) in [7, 11) is 1.33. The number of rotatable bonds is 4. The predicted molar refractivity (Wildman–Crippen MR) is 70.1 cm³/mol. The summed E-state index contributed by atoms with van der Waals surface area (Å²) in [6.07, 6.45) is 1.38. The van der Waals surface area contributed by atoms with Crippen molar-refractivity contribution in [2.75, 3.05) is 13.7 Å². The van der Waals surface area contributed by atoms with E-state index in [-0.39, 0.29) is 0 Å². The number of benzene rings is 1. The highest BCUT2D eigenvalue weighted by atomic mass is 35.5. The average molecular weight is 274 g/mol. The molecule has 0 aliphatic carbocycles. The molecule has 0 aromatic heterocycles. The SMILES string of the molecule is CCN/C(=C\C(=O)OC)c1ccc(Cl)c(Cl)c1. The molecule has 0 fully saturated rings. The Balaban J connectivity index is 3.09. The molecule has 1 aromatic carbocycles. The number of halogens is 2. The molecule has 92 valence electrons. The lowest BCUT2D eigenvalue weighted by molar-refractivity contribution is -0.134. The number of carbonyl (C=O) groups is 1. The van der Waals surface area contributed by atoms with Gasteiger partial charge >= 0.3 is 5.97 Å². The van der Waals surface area contributed by atoms with E-state index < -0.39 is 5.97 Å². The molecule has 5 heteroatoms. The second kappa shape index (κ2) is 6.52. The summed E-state index contributed by atoms with van der Waals surface area (Å²) in [5.74, 6) is -0.424. The molecule has 0 aliphatic heterocycles. The lowest BCUT2D eigenvalue weighted by Gasteiger charge is -2.10. The number of carbonyl (C=O) groups excluding carboxylic acids is 1. The van der Waals surface area contributed by atoms with Crippen molar-refractivity contribution in [3.05, 3.63) is 39.9 Å². The van der Waals surface area contributed by atoms with E-state index in [1.807, 2.05) is 6.92 Å². The average Bonchev–Trinajstić information content (AvgIpc) is 2.32. The van der Waals surface area contributed by atoms with Gasteiger partial charge in [0, 0.05) is 18.3 Å². The number of esters is 1. The fourth-order valence-corrected chi connectivity index (χ4v) is 1.57. The summed E-state index contributed by atoms with van der Waals surface area (Å²) in [6, 6.07) is 5.16. The highest BCUT2D eigenvalue weighted by molar-refractivity contribution is 6.42. The van der Waals surface area contributed by atoms with Crippen LogP contribution in [0.25, 0.3) is 5.70 Å². The van der Waals surface area contributed by atoms with Crippen molar-refractivity contribution in [3.63, 3.8) is 0 Å². The highest BCUT2D eigenvalue weighted by Crippen LogP contribution is 2.25. The van der Waals surface area contributed by atoms with E-state index in [1.54, 1.807) is 18.2 Å². The van der Waals surface area contributed by atoms with E-state index in [4.69, 9.17) is 23.2 Å². The van der Waals surface area contributed by atoms with E-state index in [0.29, 0.717) is 22.3 Å². The van der Waals surface area contributed by atoms with E-state index >= 15 is 0 Å². The fraction of sp³-hybridized carbons (Fsp3) is 0.250. The first-order valence-electron chi connectivity index (χ1n) is 5.07. The van der Waals surface area contributed by atoms with Crippen molar-refractivity contribution >= 4 is 34.9 Å². The van der Waals surface area contributed by atoms with E-state index in [9.17, 15) is 4.79 Å². The molecular formula is C12H13Cl2NO2. The number of ether oxygens (including phenoxy) is 1. The lowest BCUT2D eigenvalue weighted by atomic mass is 10.1. The minimum Gasteiger partial charge on any atom is -0.466 e. The van der Waals surface area contributed by atoms with Crippen molar-refractivity contribution in [2.45, 2.75) is 6.92 Å². The van der Waals surface area contributed by atoms with Crippen LogP contribution in [0.2, 0.25) is 10.0 Å². The Morgan fingerprint density at radius 1 is 1.41 bits per heavy atom. The van der Waals surface area contributed by atoms with Crippen molar-refractivity contribution < 1.29 is 9.53 Å². The summed E-state index contributed by atoms with van der Waals surface area (Å²) in [4.78, 5) is 11.2. The van der Waals surface area contributed by atoms with E-state index in [0.717, 1.165) is 5.56 Å². The molecule has 17 heavy (non-hydrogen) atoms. The smallest absolute Gasteiger partial charge is 0.332 e. The number of methoxy groups -OCH3 is 1. The van der Waals surface area contributed by atoms with Gasteiger partial charge in [0.15, 0.2) is 0 Å². The Morgan fingerprint density at radius 2 is 2.12 bits per heavy atom.